The molecular weight excluding hydrogens is 122 g/mol. The number of hydrogen-bond acceptors (Lipinski definition) is 4. The molecule has 1 heterocycles. The summed E-state index contributed by atoms with van der Waals surface area (Å²) in [5.74, 6) is 0. The molecule has 0 bridgehead atoms. The summed E-state index contributed by atoms with van der Waals surface area (Å²) in [4.78, 5) is 9.27. The van der Waals surface area contributed by atoms with Gasteiger partial charge in [-0.15, -0.1) is 0 Å². The largest absolute Gasteiger partial charge is 0.308 e. The highest BCUT2D eigenvalue weighted by Crippen LogP contribution is 1.93. The molecule has 9 heavy (non-hydrogen) atoms. The number of hydrogen-bond donors (Lipinski definition) is 2. The highest BCUT2D eigenvalue weighted by atomic mass is 16.6. The minimum Gasteiger partial charge on any atom is -0.308 e. The summed E-state index contributed by atoms with van der Waals surface area (Å²) < 4.78 is 0. The summed E-state index contributed by atoms with van der Waals surface area (Å²) in [5.41, 5.74) is 5.58. The van der Waals surface area contributed by atoms with E-state index in [0.717, 1.165) is 6.20 Å². The fourth-order valence-electron chi connectivity index (χ4n) is 0.487. The third kappa shape index (κ3) is 1.45. The molecule has 0 aliphatic carbocycles. The Morgan fingerprint density at radius 1 is 1.78 bits per heavy atom. The predicted octanol–water partition coefficient (Wildman–Crippen LogP) is -0.274. The molecular formula is C4H5N3O2. The fourth-order valence-corrected chi connectivity index (χ4v) is 0.487. The average Bonchev–Trinajstić information content (AvgIpc) is 2.15. The van der Waals surface area contributed by atoms with Gasteiger partial charge in [0, 0.05) is 6.20 Å². The van der Waals surface area contributed by atoms with Crippen molar-refractivity contribution in [1.82, 2.24) is 10.9 Å². The Hall–Kier alpha value is -1.52. The predicted molar refractivity (Wildman–Crippen MR) is 30.5 cm³/mol. The Bertz CT molecular complexity index is 184. The van der Waals surface area contributed by atoms with Gasteiger partial charge in [-0.1, -0.05) is 0 Å². The summed E-state index contributed by atoms with van der Waals surface area (Å²) in [6, 6.07) is 0. The summed E-state index contributed by atoms with van der Waals surface area (Å²) in [6.07, 6.45) is 4.04. The van der Waals surface area contributed by atoms with Crippen LogP contribution in [0, 0.1) is 10.1 Å². The van der Waals surface area contributed by atoms with E-state index in [4.69, 9.17) is 0 Å². The highest BCUT2D eigenvalue weighted by molar-refractivity contribution is 5.17. The Morgan fingerprint density at radius 2 is 2.56 bits per heavy atom. The first-order valence-corrected chi connectivity index (χ1v) is 2.32. The number of rotatable bonds is 1. The maximum absolute atomic E-state index is 9.78. The van der Waals surface area contributed by atoms with Gasteiger partial charge in [0.15, 0.2) is 0 Å². The molecule has 2 N–H and O–H groups in total. The van der Waals surface area contributed by atoms with Gasteiger partial charge in [-0.3, -0.25) is 15.5 Å². The van der Waals surface area contributed by atoms with E-state index in [1.807, 2.05) is 0 Å². The lowest BCUT2D eigenvalue weighted by atomic mass is 10.5. The van der Waals surface area contributed by atoms with Crippen molar-refractivity contribution in [2.24, 2.45) is 0 Å². The molecule has 1 rings (SSSR count). The average molecular weight is 127 g/mol. The van der Waals surface area contributed by atoms with Gasteiger partial charge in [-0.05, 0) is 6.08 Å². The first-order chi connectivity index (χ1) is 4.29. The molecule has 5 heteroatoms. The van der Waals surface area contributed by atoms with Crippen LogP contribution >= 0.6 is 0 Å². The topological polar surface area (TPSA) is 67.2 Å². The van der Waals surface area contributed by atoms with Crippen LogP contribution in [0.25, 0.3) is 0 Å². The van der Waals surface area contributed by atoms with Gasteiger partial charge in [0.05, 0.1) is 4.92 Å². The normalized spacial score (nSPS) is 19.3. The van der Waals surface area contributed by atoms with Crippen LogP contribution in [0.4, 0.5) is 0 Å². The molecule has 0 amide bonds. The Kier molecular flexibility index (Phi) is 1.35. The van der Waals surface area contributed by atoms with Crippen LogP contribution in [0.3, 0.4) is 0 Å². The number of nitrogens with one attached hydrogen (secondary N) is 2. The lowest BCUT2D eigenvalue weighted by Crippen LogP contribution is -2.19. The molecule has 0 spiro atoms. The number of nitrogens with zero attached hydrogens (tertiary/aromatic N) is 1. The molecule has 48 valence electrons. The zero-order valence-corrected chi connectivity index (χ0v) is 4.50. The van der Waals surface area contributed by atoms with Gasteiger partial charge in [0.1, 0.15) is 5.70 Å². The van der Waals surface area contributed by atoms with Gasteiger partial charge in [0.2, 0.25) is 0 Å². The lowest BCUT2D eigenvalue weighted by molar-refractivity contribution is -0.403. The summed E-state index contributed by atoms with van der Waals surface area (Å²) in [5, 5.41) is 9.78. The summed E-state index contributed by atoms with van der Waals surface area (Å²) >= 11 is 0. The zero-order chi connectivity index (χ0) is 6.69. The smallest absolute Gasteiger partial charge is 0.259 e. The molecule has 5 nitrogen and oxygen atoms in total. The molecule has 0 unspecified atom stereocenters. The first-order valence-electron chi connectivity index (χ1n) is 2.32. The van der Waals surface area contributed by atoms with Crippen LogP contribution in [0.5, 0.6) is 0 Å². The molecule has 1 aliphatic rings. The van der Waals surface area contributed by atoms with Crippen molar-refractivity contribution < 1.29 is 4.92 Å². The zero-order valence-electron chi connectivity index (χ0n) is 4.50. The monoisotopic (exact) mass is 127 g/mol. The SMILES string of the molecule is O=[N+]([O-])C=C1C=CNN1. The standard InChI is InChI=1S/C4H5N3O2/c8-7(9)3-4-1-2-5-6-4/h1-3,5-6H. The van der Waals surface area contributed by atoms with Crippen LogP contribution in [0.2, 0.25) is 0 Å². The van der Waals surface area contributed by atoms with Crippen molar-refractivity contribution in [2.75, 3.05) is 0 Å². The van der Waals surface area contributed by atoms with Crippen molar-refractivity contribution in [3.63, 3.8) is 0 Å². The number of nitro groups is 1. The Labute approximate surface area is 51.2 Å². The van der Waals surface area contributed by atoms with E-state index in [1.54, 1.807) is 12.3 Å². The molecule has 0 aromatic heterocycles. The second-order valence-corrected chi connectivity index (χ2v) is 1.47. The van der Waals surface area contributed by atoms with Crippen molar-refractivity contribution in [3.05, 3.63) is 34.3 Å². The molecule has 0 aromatic carbocycles. The van der Waals surface area contributed by atoms with Crippen molar-refractivity contribution in [1.29, 1.82) is 0 Å². The number of hydrazine groups is 1. The van der Waals surface area contributed by atoms with Gasteiger partial charge in [-0.2, -0.15) is 0 Å². The van der Waals surface area contributed by atoms with Crippen LogP contribution in [0.15, 0.2) is 24.2 Å². The Morgan fingerprint density at radius 3 is 3.00 bits per heavy atom. The van der Waals surface area contributed by atoms with Crippen LogP contribution in [-0.4, -0.2) is 4.92 Å². The van der Waals surface area contributed by atoms with E-state index in [-0.39, 0.29) is 0 Å². The lowest BCUT2D eigenvalue weighted by Gasteiger charge is -1.91. The van der Waals surface area contributed by atoms with E-state index in [2.05, 4.69) is 10.9 Å². The first kappa shape index (κ1) is 5.61. The molecule has 0 saturated carbocycles. The summed E-state index contributed by atoms with van der Waals surface area (Å²) in [7, 11) is 0. The molecule has 0 atom stereocenters. The Balaban J connectivity index is 2.61. The molecule has 0 aromatic rings. The van der Waals surface area contributed by atoms with Crippen LogP contribution in [0.1, 0.15) is 0 Å². The fraction of sp³-hybridized carbons (Fsp3) is 0. The molecule has 0 fully saturated rings. The second-order valence-electron chi connectivity index (χ2n) is 1.47. The van der Waals surface area contributed by atoms with Crippen LogP contribution in [-0.2, 0) is 0 Å². The van der Waals surface area contributed by atoms with Gasteiger partial charge < -0.3 is 5.43 Å². The minimum absolute atomic E-state index is 0.458. The van der Waals surface area contributed by atoms with Gasteiger partial charge in [0.25, 0.3) is 6.20 Å². The van der Waals surface area contributed by atoms with Crippen molar-refractivity contribution in [3.8, 4) is 0 Å². The second kappa shape index (κ2) is 2.17. The molecule has 0 radical (unpaired) electrons. The van der Waals surface area contributed by atoms with Gasteiger partial charge >= 0.3 is 0 Å². The third-order valence-electron chi connectivity index (χ3n) is 0.807. The van der Waals surface area contributed by atoms with E-state index >= 15 is 0 Å². The van der Waals surface area contributed by atoms with E-state index < -0.39 is 4.92 Å². The van der Waals surface area contributed by atoms with Crippen molar-refractivity contribution >= 4 is 0 Å². The van der Waals surface area contributed by atoms with Crippen molar-refractivity contribution in [2.45, 2.75) is 0 Å². The maximum Gasteiger partial charge on any atom is 0.259 e. The van der Waals surface area contributed by atoms with E-state index in [1.165, 1.54) is 0 Å². The molecule has 1 aliphatic heterocycles. The quantitative estimate of drug-likeness (QED) is 0.375. The van der Waals surface area contributed by atoms with E-state index in [0.29, 0.717) is 5.70 Å². The third-order valence-corrected chi connectivity index (χ3v) is 0.807. The van der Waals surface area contributed by atoms with Crippen LogP contribution < -0.4 is 10.9 Å². The highest BCUT2D eigenvalue weighted by Gasteiger charge is 1.99. The van der Waals surface area contributed by atoms with Gasteiger partial charge in [-0.25, -0.2) is 0 Å². The minimum atomic E-state index is -0.514. The molecule has 0 saturated heterocycles. The maximum atomic E-state index is 9.78. The summed E-state index contributed by atoms with van der Waals surface area (Å²) in [6.45, 7) is 0. The van der Waals surface area contributed by atoms with E-state index in [9.17, 15) is 10.1 Å². The number of allylic oxidation sites excluding steroid dienone is 1.